The molecule has 1 aliphatic heterocycles. The van der Waals surface area contributed by atoms with E-state index in [1.807, 2.05) is 31.0 Å². The molecule has 0 bridgehead atoms. The molecule has 27 heavy (non-hydrogen) atoms. The molecular formula is C21H26N2O4. The fraction of sp³-hybridized carbons (Fsp3) is 0.381. The molecule has 144 valence electrons. The molecule has 0 saturated heterocycles. The van der Waals surface area contributed by atoms with Gasteiger partial charge in [-0.05, 0) is 63.2 Å². The van der Waals surface area contributed by atoms with Gasteiger partial charge in [-0.15, -0.1) is 0 Å². The lowest BCUT2D eigenvalue weighted by Crippen LogP contribution is -2.41. The third kappa shape index (κ3) is 4.92. The van der Waals surface area contributed by atoms with Crippen molar-refractivity contribution in [2.75, 3.05) is 32.3 Å². The van der Waals surface area contributed by atoms with Gasteiger partial charge in [0.05, 0.1) is 6.04 Å². The van der Waals surface area contributed by atoms with E-state index in [1.165, 1.54) is 11.1 Å². The maximum atomic E-state index is 12.5. The van der Waals surface area contributed by atoms with Crippen molar-refractivity contribution in [2.45, 2.75) is 26.8 Å². The summed E-state index contributed by atoms with van der Waals surface area (Å²) in [5.74, 6) is 2.12. The van der Waals surface area contributed by atoms with Crippen molar-refractivity contribution in [1.29, 1.82) is 0 Å². The molecule has 0 aromatic heterocycles. The molecule has 0 radical (unpaired) electrons. The van der Waals surface area contributed by atoms with Crippen molar-refractivity contribution in [3.8, 4) is 17.2 Å². The number of aryl methyl sites for hydroxylation is 2. The molecule has 3 rings (SSSR count). The quantitative estimate of drug-likeness (QED) is 0.810. The largest absolute Gasteiger partial charge is 0.492 e. The second-order valence-corrected chi connectivity index (χ2v) is 6.89. The number of likely N-dealkylation sites (N-methyl/N-ethyl adjacent to an activating group) is 1. The lowest BCUT2D eigenvalue weighted by atomic mass is 10.1. The highest BCUT2D eigenvalue weighted by molar-refractivity contribution is 5.94. The maximum Gasteiger partial charge on any atom is 0.241 e. The number of fused-ring (bicyclic) bond motifs is 1. The van der Waals surface area contributed by atoms with E-state index in [0.717, 1.165) is 5.75 Å². The molecule has 1 atom stereocenters. The normalized spacial score (nSPS) is 13.5. The van der Waals surface area contributed by atoms with Crippen LogP contribution in [0.25, 0.3) is 0 Å². The molecule has 6 nitrogen and oxygen atoms in total. The first kappa shape index (κ1) is 19.0. The average Bonchev–Trinajstić information content (AvgIpc) is 3.07. The van der Waals surface area contributed by atoms with Crippen molar-refractivity contribution in [1.82, 2.24) is 4.90 Å². The van der Waals surface area contributed by atoms with E-state index < -0.39 is 0 Å². The lowest BCUT2D eigenvalue weighted by Gasteiger charge is -2.24. The van der Waals surface area contributed by atoms with E-state index in [4.69, 9.17) is 14.2 Å². The fourth-order valence-corrected chi connectivity index (χ4v) is 2.94. The lowest BCUT2D eigenvalue weighted by molar-refractivity contribution is -0.120. The number of nitrogens with zero attached hydrogens (tertiary/aromatic N) is 1. The fourth-order valence-electron chi connectivity index (χ4n) is 2.94. The monoisotopic (exact) mass is 370 g/mol. The van der Waals surface area contributed by atoms with Gasteiger partial charge in [-0.25, -0.2) is 0 Å². The van der Waals surface area contributed by atoms with Gasteiger partial charge in [-0.2, -0.15) is 0 Å². The summed E-state index contributed by atoms with van der Waals surface area (Å²) in [5.41, 5.74) is 3.04. The number of carbonyl (C=O) groups excluding carboxylic acids is 1. The molecule has 1 heterocycles. The molecule has 2 aromatic carbocycles. The van der Waals surface area contributed by atoms with Crippen LogP contribution in [-0.4, -0.2) is 43.8 Å². The van der Waals surface area contributed by atoms with Gasteiger partial charge in [0.2, 0.25) is 12.7 Å². The summed E-state index contributed by atoms with van der Waals surface area (Å²) in [4.78, 5) is 14.5. The highest BCUT2D eigenvalue weighted by Gasteiger charge is 2.20. The number of hydrogen-bond acceptors (Lipinski definition) is 5. The minimum absolute atomic E-state index is 0.0808. The number of rotatable bonds is 7. The minimum Gasteiger partial charge on any atom is -0.492 e. The smallest absolute Gasteiger partial charge is 0.241 e. The summed E-state index contributed by atoms with van der Waals surface area (Å²) >= 11 is 0. The topological polar surface area (TPSA) is 60.0 Å². The number of amides is 1. The molecule has 0 fully saturated rings. The second kappa shape index (κ2) is 8.31. The van der Waals surface area contributed by atoms with Gasteiger partial charge in [0.1, 0.15) is 12.4 Å². The zero-order valence-corrected chi connectivity index (χ0v) is 16.2. The Hall–Kier alpha value is -2.73. The number of nitrogens with one attached hydrogen (secondary N) is 1. The van der Waals surface area contributed by atoms with Crippen molar-refractivity contribution in [3.63, 3.8) is 0 Å². The highest BCUT2D eigenvalue weighted by Crippen LogP contribution is 2.34. The number of ether oxygens (including phenoxy) is 3. The standard InChI is InChI=1S/C21H26N2O4/c1-14-9-15(2)11-18(10-14)25-8-7-23(4)16(3)21(24)22-17-5-6-19-20(12-17)27-13-26-19/h5-6,9-12,16H,7-8,13H2,1-4H3,(H,22,24)/t16-/m1/s1. The van der Waals surface area contributed by atoms with Crippen LogP contribution in [0.1, 0.15) is 18.1 Å². The van der Waals surface area contributed by atoms with Crippen molar-refractivity contribution < 1.29 is 19.0 Å². The molecule has 2 aromatic rings. The summed E-state index contributed by atoms with van der Waals surface area (Å²) in [6.45, 7) is 7.35. The third-order valence-corrected chi connectivity index (χ3v) is 4.59. The SMILES string of the molecule is Cc1cc(C)cc(OCCN(C)[C@H](C)C(=O)Nc2ccc3c(c2)OCO3)c1. The third-order valence-electron chi connectivity index (χ3n) is 4.59. The summed E-state index contributed by atoms with van der Waals surface area (Å²) in [7, 11) is 1.91. The van der Waals surface area contributed by atoms with E-state index in [0.29, 0.717) is 30.3 Å². The first-order chi connectivity index (χ1) is 12.9. The van der Waals surface area contributed by atoms with Crippen molar-refractivity contribution in [2.24, 2.45) is 0 Å². The summed E-state index contributed by atoms with van der Waals surface area (Å²) in [6.07, 6.45) is 0. The van der Waals surface area contributed by atoms with Gasteiger partial charge in [-0.3, -0.25) is 9.69 Å². The van der Waals surface area contributed by atoms with Crippen LogP contribution in [0.3, 0.4) is 0 Å². The van der Waals surface area contributed by atoms with E-state index in [2.05, 4.69) is 25.2 Å². The van der Waals surface area contributed by atoms with E-state index >= 15 is 0 Å². The van der Waals surface area contributed by atoms with Gasteiger partial charge in [0.15, 0.2) is 11.5 Å². The summed E-state index contributed by atoms with van der Waals surface area (Å²) < 4.78 is 16.5. The molecule has 1 aliphatic rings. The molecule has 1 amide bonds. The summed E-state index contributed by atoms with van der Waals surface area (Å²) in [5, 5.41) is 2.92. The van der Waals surface area contributed by atoms with Crippen molar-refractivity contribution in [3.05, 3.63) is 47.5 Å². The molecule has 6 heteroatoms. The Morgan fingerprint density at radius 1 is 1.15 bits per heavy atom. The Bertz CT molecular complexity index is 802. The van der Waals surface area contributed by atoms with Crippen molar-refractivity contribution >= 4 is 11.6 Å². The molecule has 0 saturated carbocycles. The molecule has 0 unspecified atom stereocenters. The van der Waals surface area contributed by atoms with Crippen LogP contribution >= 0.6 is 0 Å². The zero-order chi connectivity index (χ0) is 19.4. The van der Waals surface area contributed by atoms with E-state index in [-0.39, 0.29) is 18.7 Å². The van der Waals surface area contributed by atoms with Crippen LogP contribution in [-0.2, 0) is 4.79 Å². The Morgan fingerprint density at radius 2 is 1.85 bits per heavy atom. The highest BCUT2D eigenvalue weighted by atomic mass is 16.7. The average molecular weight is 370 g/mol. The van der Waals surface area contributed by atoms with Crippen LogP contribution in [0.4, 0.5) is 5.69 Å². The first-order valence-corrected chi connectivity index (χ1v) is 9.04. The number of benzene rings is 2. The Morgan fingerprint density at radius 3 is 2.59 bits per heavy atom. The Labute approximate surface area is 160 Å². The number of anilines is 1. The molecule has 0 spiro atoms. The Kier molecular flexibility index (Phi) is 5.86. The Balaban J connectivity index is 1.49. The van der Waals surface area contributed by atoms with Crippen LogP contribution in [0.5, 0.6) is 17.2 Å². The summed E-state index contributed by atoms with van der Waals surface area (Å²) in [6, 6.07) is 11.2. The van der Waals surface area contributed by atoms with E-state index in [9.17, 15) is 4.79 Å². The van der Waals surface area contributed by atoms with Gasteiger partial charge in [0.25, 0.3) is 0 Å². The van der Waals surface area contributed by atoms with Crippen LogP contribution < -0.4 is 19.5 Å². The van der Waals surface area contributed by atoms with Gasteiger partial charge < -0.3 is 19.5 Å². The second-order valence-electron chi connectivity index (χ2n) is 6.89. The number of hydrogen-bond donors (Lipinski definition) is 1. The maximum absolute atomic E-state index is 12.5. The first-order valence-electron chi connectivity index (χ1n) is 9.04. The zero-order valence-electron chi connectivity index (χ0n) is 16.2. The minimum atomic E-state index is -0.293. The van der Waals surface area contributed by atoms with Crippen LogP contribution in [0.15, 0.2) is 36.4 Å². The molecule has 0 aliphatic carbocycles. The van der Waals surface area contributed by atoms with E-state index in [1.54, 1.807) is 18.2 Å². The molecule has 1 N–H and O–H groups in total. The predicted octanol–water partition coefficient (Wildman–Crippen LogP) is 3.37. The number of carbonyl (C=O) groups is 1. The van der Waals surface area contributed by atoms with Gasteiger partial charge in [0, 0.05) is 18.3 Å². The van der Waals surface area contributed by atoms with Gasteiger partial charge >= 0.3 is 0 Å². The predicted molar refractivity (Wildman–Crippen MR) is 105 cm³/mol. The molecular weight excluding hydrogens is 344 g/mol. The van der Waals surface area contributed by atoms with Gasteiger partial charge in [-0.1, -0.05) is 6.07 Å². The van der Waals surface area contributed by atoms with Crippen LogP contribution in [0.2, 0.25) is 0 Å². The van der Waals surface area contributed by atoms with Crippen LogP contribution in [0, 0.1) is 13.8 Å².